The Morgan fingerprint density at radius 2 is 1.66 bits per heavy atom. The van der Waals surface area contributed by atoms with Gasteiger partial charge in [-0.2, -0.15) is 5.10 Å². The first-order chi connectivity index (χ1) is 14.0. The van der Waals surface area contributed by atoms with E-state index in [-0.39, 0.29) is 24.1 Å². The molecule has 0 spiro atoms. The second kappa shape index (κ2) is 9.16. The van der Waals surface area contributed by atoms with Crippen LogP contribution in [0, 0.1) is 5.92 Å². The third-order valence-corrected chi connectivity index (χ3v) is 4.36. The number of hydrogen-bond acceptors (Lipinski definition) is 4. The van der Waals surface area contributed by atoms with Crippen molar-refractivity contribution < 1.29 is 14.7 Å². The van der Waals surface area contributed by atoms with Crippen LogP contribution in [0.1, 0.15) is 36.0 Å². The minimum absolute atomic E-state index is 0.0503. The molecule has 1 atom stereocenters. The van der Waals surface area contributed by atoms with Gasteiger partial charge in [-0.05, 0) is 17.7 Å². The number of nitrogens with one attached hydrogen (secondary N) is 2. The topological polar surface area (TPSA) is 96.2 Å². The minimum atomic E-state index is -0.823. The maximum atomic E-state index is 12.6. The highest BCUT2D eigenvalue weighted by Gasteiger charge is 2.19. The van der Waals surface area contributed by atoms with Crippen molar-refractivity contribution in [1.82, 2.24) is 15.1 Å². The lowest BCUT2D eigenvalue weighted by atomic mass is 10.1. The lowest BCUT2D eigenvalue weighted by molar-refractivity contribution is -0.118. The van der Waals surface area contributed by atoms with Gasteiger partial charge in [0.2, 0.25) is 5.91 Å². The first-order valence-electron chi connectivity index (χ1n) is 9.43. The summed E-state index contributed by atoms with van der Waals surface area (Å²) in [4.78, 5) is 24.7. The smallest absolute Gasteiger partial charge is 0.271 e. The summed E-state index contributed by atoms with van der Waals surface area (Å²) in [7, 11) is 0. The predicted octanol–water partition coefficient (Wildman–Crippen LogP) is 2.93. The molecule has 3 N–H and O–H groups in total. The van der Waals surface area contributed by atoms with Gasteiger partial charge in [-0.25, -0.2) is 4.68 Å². The molecule has 7 heteroatoms. The molecule has 1 heterocycles. The molecule has 150 valence electrons. The molecule has 7 nitrogen and oxygen atoms in total. The average Bonchev–Trinajstić information content (AvgIpc) is 3.16. The van der Waals surface area contributed by atoms with E-state index in [1.54, 1.807) is 26.0 Å². The first-order valence-corrected chi connectivity index (χ1v) is 9.43. The molecule has 0 aliphatic carbocycles. The molecule has 0 aliphatic heterocycles. The van der Waals surface area contributed by atoms with Crippen LogP contribution in [0.3, 0.4) is 0 Å². The number of rotatable bonds is 7. The molecule has 2 aromatic carbocycles. The Balaban J connectivity index is 1.78. The number of amides is 2. The normalized spacial score (nSPS) is 11.9. The Bertz CT molecular complexity index is 968. The van der Waals surface area contributed by atoms with E-state index >= 15 is 0 Å². The van der Waals surface area contributed by atoms with E-state index in [0.29, 0.717) is 11.4 Å². The Kier molecular flexibility index (Phi) is 6.41. The molecule has 0 radical (unpaired) electrons. The van der Waals surface area contributed by atoms with E-state index in [1.807, 2.05) is 48.5 Å². The van der Waals surface area contributed by atoms with Crippen LogP contribution in [-0.4, -0.2) is 33.2 Å². The zero-order chi connectivity index (χ0) is 20.8. The molecular weight excluding hydrogens is 368 g/mol. The van der Waals surface area contributed by atoms with Crippen LogP contribution < -0.4 is 10.6 Å². The molecular formula is C22H24N4O3. The lowest BCUT2D eigenvalue weighted by Crippen LogP contribution is -2.28. The number of benzene rings is 2. The molecule has 0 bridgehead atoms. The monoisotopic (exact) mass is 392 g/mol. The number of nitrogens with zero attached hydrogens (tertiary/aromatic N) is 2. The highest BCUT2D eigenvalue weighted by molar-refractivity contribution is 5.96. The SMILES string of the molecule is CC(C)C(=O)Nc1cc(C(=O)NCC(O)c2ccccc2)nn1-c1ccccc1. The van der Waals surface area contributed by atoms with Gasteiger partial charge in [-0.1, -0.05) is 62.4 Å². The molecule has 2 amide bonds. The van der Waals surface area contributed by atoms with Crippen LogP contribution in [0.15, 0.2) is 66.7 Å². The third-order valence-electron chi connectivity index (χ3n) is 4.36. The molecule has 3 rings (SSSR count). The van der Waals surface area contributed by atoms with Gasteiger partial charge < -0.3 is 15.7 Å². The zero-order valence-electron chi connectivity index (χ0n) is 16.4. The molecule has 0 saturated heterocycles. The summed E-state index contributed by atoms with van der Waals surface area (Å²) in [5.41, 5.74) is 1.58. The van der Waals surface area contributed by atoms with Crippen molar-refractivity contribution >= 4 is 17.6 Å². The summed E-state index contributed by atoms with van der Waals surface area (Å²) in [6, 6.07) is 19.9. The van der Waals surface area contributed by atoms with Crippen LogP contribution in [0.2, 0.25) is 0 Å². The third kappa shape index (κ3) is 5.08. The van der Waals surface area contributed by atoms with Gasteiger partial charge >= 0.3 is 0 Å². The Labute approximate surface area is 169 Å². The highest BCUT2D eigenvalue weighted by atomic mass is 16.3. The minimum Gasteiger partial charge on any atom is -0.387 e. The van der Waals surface area contributed by atoms with Gasteiger partial charge in [0.1, 0.15) is 5.82 Å². The number of aliphatic hydroxyl groups is 1. The summed E-state index contributed by atoms with van der Waals surface area (Å²) in [5.74, 6) is -0.417. The van der Waals surface area contributed by atoms with Crippen molar-refractivity contribution in [2.24, 2.45) is 5.92 Å². The van der Waals surface area contributed by atoms with Gasteiger partial charge in [0.15, 0.2) is 5.69 Å². The van der Waals surface area contributed by atoms with Gasteiger partial charge in [-0.3, -0.25) is 9.59 Å². The van der Waals surface area contributed by atoms with Crippen LogP contribution in [-0.2, 0) is 4.79 Å². The Hall–Kier alpha value is -3.45. The van der Waals surface area contributed by atoms with E-state index in [1.165, 1.54) is 10.7 Å². The molecule has 29 heavy (non-hydrogen) atoms. The van der Waals surface area contributed by atoms with Crippen molar-refractivity contribution in [3.63, 3.8) is 0 Å². The number of carbonyl (C=O) groups excluding carboxylic acids is 2. The number of aliphatic hydroxyl groups excluding tert-OH is 1. The molecule has 1 aromatic heterocycles. The first kappa shape index (κ1) is 20.3. The van der Waals surface area contributed by atoms with Crippen molar-refractivity contribution in [3.8, 4) is 5.69 Å². The van der Waals surface area contributed by atoms with Crippen LogP contribution in [0.25, 0.3) is 5.69 Å². The quantitative estimate of drug-likeness (QED) is 0.576. The predicted molar refractivity (Wildman–Crippen MR) is 111 cm³/mol. The number of anilines is 1. The Morgan fingerprint density at radius 3 is 2.28 bits per heavy atom. The standard InChI is InChI=1S/C22H24N4O3/c1-15(2)21(28)24-20-13-18(25-26(20)17-11-7-4-8-12-17)22(29)23-14-19(27)16-9-5-3-6-10-16/h3-13,15,19,27H,14H2,1-2H3,(H,23,29)(H,24,28). The number of aromatic nitrogens is 2. The van der Waals surface area contributed by atoms with Gasteiger partial charge in [0.25, 0.3) is 5.91 Å². The fraction of sp³-hybridized carbons (Fsp3) is 0.227. The van der Waals surface area contributed by atoms with E-state index < -0.39 is 12.0 Å². The summed E-state index contributed by atoms with van der Waals surface area (Å²) in [6.45, 7) is 3.63. The number of hydrogen-bond donors (Lipinski definition) is 3. The zero-order valence-corrected chi connectivity index (χ0v) is 16.4. The summed E-state index contributed by atoms with van der Waals surface area (Å²) >= 11 is 0. The fourth-order valence-electron chi connectivity index (χ4n) is 2.69. The van der Waals surface area contributed by atoms with Crippen molar-refractivity contribution in [2.75, 3.05) is 11.9 Å². The molecule has 0 saturated carbocycles. The average molecular weight is 392 g/mol. The largest absolute Gasteiger partial charge is 0.387 e. The van der Waals surface area contributed by atoms with Crippen LogP contribution in [0.5, 0.6) is 0 Å². The summed E-state index contributed by atoms with van der Waals surface area (Å²) in [5, 5.41) is 20.1. The molecule has 0 aliphatic rings. The Morgan fingerprint density at radius 1 is 1.03 bits per heavy atom. The second-order valence-electron chi connectivity index (χ2n) is 6.94. The summed E-state index contributed by atoms with van der Waals surface area (Å²) in [6.07, 6.45) is -0.823. The maximum absolute atomic E-state index is 12.6. The van der Waals surface area contributed by atoms with E-state index in [9.17, 15) is 14.7 Å². The maximum Gasteiger partial charge on any atom is 0.271 e. The van der Waals surface area contributed by atoms with E-state index in [0.717, 1.165) is 5.69 Å². The van der Waals surface area contributed by atoms with Crippen LogP contribution >= 0.6 is 0 Å². The number of carbonyl (C=O) groups is 2. The lowest BCUT2D eigenvalue weighted by Gasteiger charge is -2.11. The molecule has 3 aromatic rings. The molecule has 0 fully saturated rings. The van der Waals surface area contributed by atoms with Crippen molar-refractivity contribution in [2.45, 2.75) is 20.0 Å². The van der Waals surface area contributed by atoms with Crippen molar-refractivity contribution in [3.05, 3.63) is 78.0 Å². The van der Waals surface area contributed by atoms with Gasteiger partial charge in [-0.15, -0.1) is 0 Å². The second-order valence-corrected chi connectivity index (χ2v) is 6.94. The fourth-order valence-corrected chi connectivity index (χ4v) is 2.69. The van der Waals surface area contributed by atoms with Crippen molar-refractivity contribution in [1.29, 1.82) is 0 Å². The van der Waals surface area contributed by atoms with E-state index in [4.69, 9.17) is 0 Å². The van der Waals surface area contributed by atoms with Crippen LogP contribution in [0.4, 0.5) is 5.82 Å². The summed E-state index contributed by atoms with van der Waals surface area (Å²) < 4.78 is 1.52. The highest BCUT2D eigenvalue weighted by Crippen LogP contribution is 2.18. The van der Waals surface area contributed by atoms with E-state index in [2.05, 4.69) is 15.7 Å². The number of para-hydroxylation sites is 1. The molecule has 1 unspecified atom stereocenters. The van der Waals surface area contributed by atoms with Gasteiger partial charge in [0, 0.05) is 18.5 Å². The van der Waals surface area contributed by atoms with Gasteiger partial charge in [0.05, 0.1) is 11.8 Å².